The fourth-order valence-electron chi connectivity index (χ4n) is 4.90. The van der Waals surface area contributed by atoms with Crippen LogP contribution in [-0.4, -0.2) is 53.5 Å². The molecule has 0 bridgehead atoms. The van der Waals surface area contributed by atoms with Gasteiger partial charge in [-0.25, -0.2) is 4.98 Å². The number of methoxy groups -OCH3 is 1. The summed E-state index contributed by atoms with van der Waals surface area (Å²) in [6, 6.07) is 19.9. The summed E-state index contributed by atoms with van der Waals surface area (Å²) in [6.45, 7) is 4.88. The van der Waals surface area contributed by atoms with Crippen LogP contribution in [0, 0.1) is 6.92 Å². The Hall–Kier alpha value is -3.51. The van der Waals surface area contributed by atoms with Crippen LogP contribution in [0.4, 0.5) is 5.69 Å². The fraction of sp³-hybridized carbons (Fsp3) is 0.286. The molecule has 6 nitrogen and oxygen atoms in total. The number of benzene rings is 2. The monoisotopic (exact) mass is 488 g/mol. The number of carbonyl (C=O) groups excluding carboxylic acids is 1. The van der Waals surface area contributed by atoms with Crippen molar-refractivity contribution in [2.24, 2.45) is 0 Å². The Morgan fingerprint density at radius 3 is 2.57 bits per heavy atom. The summed E-state index contributed by atoms with van der Waals surface area (Å²) in [4.78, 5) is 22.4. The van der Waals surface area contributed by atoms with Gasteiger partial charge >= 0.3 is 0 Å². The molecule has 1 saturated heterocycles. The Kier molecular flexibility index (Phi) is 6.64. The van der Waals surface area contributed by atoms with Crippen LogP contribution in [0.5, 0.6) is 5.75 Å². The molecule has 0 N–H and O–H groups in total. The van der Waals surface area contributed by atoms with E-state index >= 15 is 0 Å². The zero-order chi connectivity index (χ0) is 24.4. The Morgan fingerprint density at radius 1 is 1.06 bits per heavy atom. The average Bonchev–Trinajstić information content (AvgIpc) is 3.30. The van der Waals surface area contributed by atoms with Crippen LogP contribution >= 0.6 is 11.6 Å². The van der Waals surface area contributed by atoms with E-state index in [0.717, 1.165) is 52.0 Å². The molecular weight excluding hydrogens is 460 g/mol. The van der Waals surface area contributed by atoms with Gasteiger partial charge in [-0.1, -0.05) is 41.9 Å². The Labute approximate surface area is 210 Å². The van der Waals surface area contributed by atoms with Gasteiger partial charge in [0.05, 0.1) is 23.5 Å². The van der Waals surface area contributed by atoms with Crippen molar-refractivity contribution in [3.05, 3.63) is 94.9 Å². The molecule has 2 aromatic heterocycles. The number of aromatic nitrogens is 2. The third-order valence-electron chi connectivity index (χ3n) is 6.77. The van der Waals surface area contributed by atoms with Gasteiger partial charge in [0.1, 0.15) is 11.4 Å². The second-order valence-corrected chi connectivity index (χ2v) is 9.34. The van der Waals surface area contributed by atoms with E-state index in [2.05, 4.69) is 33.3 Å². The predicted octanol–water partition coefficient (Wildman–Crippen LogP) is 5.18. The molecule has 1 atom stereocenters. The molecule has 2 aromatic carbocycles. The molecule has 1 aliphatic rings. The molecule has 0 spiro atoms. The summed E-state index contributed by atoms with van der Waals surface area (Å²) in [6.07, 6.45) is 4.25. The van der Waals surface area contributed by atoms with E-state index in [1.54, 1.807) is 7.11 Å². The minimum Gasteiger partial charge on any atom is -0.496 e. The lowest BCUT2D eigenvalue weighted by atomic mass is 9.91. The van der Waals surface area contributed by atoms with Crippen molar-refractivity contribution in [3.63, 3.8) is 0 Å². The van der Waals surface area contributed by atoms with E-state index in [9.17, 15) is 4.79 Å². The number of hydrogen-bond acceptors (Lipinski definition) is 4. The standard InChI is InChI=1S/C28H29ClN4O2/c1-20-11-12-33-25(19-30-27(33)17-20)22(21-7-3-6-10-26(21)35-2)18-28(34)32-15-13-31(14-16-32)24-9-5-4-8-23(24)29/h3-12,17,19,22H,13-16,18H2,1-2H3. The van der Waals surface area contributed by atoms with Crippen molar-refractivity contribution in [1.82, 2.24) is 14.3 Å². The van der Waals surface area contributed by atoms with Gasteiger partial charge in [-0.3, -0.25) is 4.79 Å². The van der Waals surface area contributed by atoms with Gasteiger partial charge in [0.2, 0.25) is 5.91 Å². The van der Waals surface area contributed by atoms with E-state index < -0.39 is 0 Å². The second kappa shape index (κ2) is 10.0. The molecule has 1 amide bonds. The van der Waals surface area contributed by atoms with Gasteiger partial charge in [0.25, 0.3) is 0 Å². The molecule has 0 aliphatic carbocycles. The first-order chi connectivity index (χ1) is 17.0. The molecule has 0 saturated carbocycles. The third-order valence-corrected chi connectivity index (χ3v) is 7.09. The highest BCUT2D eigenvalue weighted by molar-refractivity contribution is 6.33. The van der Waals surface area contributed by atoms with Gasteiger partial charge in [0.15, 0.2) is 0 Å². The molecule has 180 valence electrons. The lowest BCUT2D eigenvalue weighted by Gasteiger charge is -2.37. The van der Waals surface area contributed by atoms with Crippen LogP contribution < -0.4 is 9.64 Å². The SMILES string of the molecule is COc1ccccc1C(CC(=O)N1CCN(c2ccccc2Cl)CC1)c1cnc2cc(C)ccn12. The van der Waals surface area contributed by atoms with E-state index in [1.165, 1.54) is 0 Å². The largest absolute Gasteiger partial charge is 0.496 e. The summed E-state index contributed by atoms with van der Waals surface area (Å²) in [7, 11) is 1.67. The number of piperazine rings is 1. The van der Waals surface area contributed by atoms with Crippen molar-refractivity contribution in [2.45, 2.75) is 19.3 Å². The van der Waals surface area contributed by atoms with Crippen molar-refractivity contribution >= 4 is 28.8 Å². The van der Waals surface area contributed by atoms with Crippen LogP contribution in [-0.2, 0) is 4.79 Å². The first kappa shape index (κ1) is 23.2. The van der Waals surface area contributed by atoms with E-state index in [4.69, 9.17) is 16.3 Å². The summed E-state index contributed by atoms with van der Waals surface area (Å²) in [5.41, 5.74) is 5.01. The third kappa shape index (κ3) is 4.71. The van der Waals surface area contributed by atoms with E-state index in [1.807, 2.05) is 65.8 Å². The summed E-state index contributed by atoms with van der Waals surface area (Å²) >= 11 is 6.39. The van der Waals surface area contributed by atoms with Gasteiger partial charge in [0, 0.05) is 56.5 Å². The summed E-state index contributed by atoms with van der Waals surface area (Å²) in [5.74, 6) is 0.718. The molecule has 1 unspecified atom stereocenters. The van der Waals surface area contributed by atoms with Gasteiger partial charge in [-0.2, -0.15) is 0 Å². The molecular formula is C28H29ClN4O2. The Bertz CT molecular complexity index is 1340. The molecule has 3 heterocycles. The van der Waals surface area contributed by atoms with Crippen LogP contribution in [0.15, 0.2) is 73.1 Å². The van der Waals surface area contributed by atoms with Gasteiger partial charge in [-0.05, 0) is 42.8 Å². The number of nitrogens with zero attached hydrogens (tertiary/aromatic N) is 4. The maximum absolute atomic E-state index is 13.6. The number of anilines is 1. The highest BCUT2D eigenvalue weighted by Crippen LogP contribution is 2.35. The van der Waals surface area contributed by atoms with E-state index in [-0.39, 0.29) is 11.8 Å². The first-order valence-electron chi connectivity index (χ1n) is 11.9. The zero-order valence-corrected chi connectivity index (χ0v) is 20.8. The lowest BCUT2D eigenvalue weighted by molar-refractivity contribution is -0.131. The summed E-state index contributed by atoms with van der Waals surface area (Å²) < 4.78 is 7.76. The molecule has 7 heteroatoms. The molecule has 0 radical (unpaired) electrons. The van der Waals surface area contributed by atoms with Crippen molar-refractivity contribution in [3.8, 4) is 5.75 Å². The number of carbonyl (C=O) groups is 1. The maximum atomic E-state index is 13.6. The number of rotatable bonds is 6. The van der Waals surface area contributed by atoms with Crippen LogP contribution in [0.2, 0.25) is 5.02 Å². The highest BCUT2D eigenvalue weighted by atomic mass is 35.5. The highest BCUT2D eigenvalue weighted by Gasteiger charge is 2.29. The quantitative estimate of drug-likeness (QED) is 0.375. The number of pyridine rings is 1. The fourth-order valence-corrected chi connectivity index (χ4v) is 5.15. The molecule has 4 aromatic rings. The number of halogens is 1. The van der Waals surface area contributed by atoms with Gasteiger partial charge in [-0.15, -0.1) is 0 Å². The first-order valence-corrected chi connectivity index (χ1v) is 12.3. The predicted molar refractivity (Wildman–Crippen MR) is 140 cm³/mol. The number of imidazole rings is 1. The number of hydrogen-bond donors (Lipinski definition) is 0. The minimum absolute atomic E-state index is 0.127. The average molecular weight is 489 g/mol. The Morgan fingerprint density at radius 2 is 1.80 bits per heavy atom. The van der Waals surface area contributed by atoms with E-state index in [0.29, 0.717) is 19.5 Å². The number of aryl methyl sites for hydroxylation is 1. The topological polar surface area (TPSA) is 50.1 Å². The zero-order valence-electron chi connectivity index (χ0n) is 20.0. The minimum atomic E-state index is -0.182. The number of ether oxygens (including phenoxy) is 1. The number of fused-ring (bicyclic) bond motifs is 1. The lowest BCUT2D eigenvalue weighted by Crippen LogP contribution is -2.49. The normalized spacial score (nSPS) is 14.8. The van der Waals surface area contributed by atoms with Gasteiger partial charge < -0.3 is 18.9 Å². The Balaban J connectivity index is 1.40. The molecule has 1 aliphatic heterocycles. The van der Waals surface area contributed by atoms with Crippen molar-refractivity contribution < 1.29 is 9.53 Å². The number of amides is 1. The van der Waals surface area contributed by atoms with Crippen molar-refractivity contribution in [2.75, 3.05) is 38.2 Å². The molecule has 1 fully saturated rings. The summed E-state index contributed by atoms with van der Waals surface area (Å²) in [5, 5.41) is 0.742. The van der Waals surface area contributed by atoms with Crippen molar-refractivity contribution in [1.29, 1.82) is 0 Å². The second-order valence-electron chi connectivity index (χ2n) is 8.93. The maximum Gasteiger partial charge on any atom is 0.223 e. The van der Waals surface area contributed by atoms with Crippen LogP contribution in [0.3, 0.4) is 0 Å². The molecule has 35 heavy (non-hydrogen) atoms. The smallest absolute Gasteiger partial charge is 0.223 e. The van der Waals surface area contributed by atoms with Crippen LogP contribution in [0.25, 0.3) is 5.65 Å². The molecule has 5 rings (SSSR count). The number of para-hydroxylation sites is 2. The van der Waals surface area contributed by atoms with Crippen LogP contribution in [0.1, 0.15) is 29.2 Å².